The molecule has 272 valence electrons. The van der Waals surface area contributed by atoms with Crippen molar-refractivity contribution in [1.29, 1.82) is 0 Å². The van der Waals surface area contributed by atoms with Crippen molar-refractivity contribution in [2.24, 2.45) is 0 Å². The summed E-state index contributed by atoms with van der Waals surface area (Å²) in [6, 6.07) is 74.2. The largest absolute Gasteiger partial charge is 0.453 e. The van der Waals surface area contributed by atoms with E-state index in [1.54, 1.807) is 0 Å². The molecule has 0 atom stereocenters. The fourth-order valence-corrected chi connectivity index (χ4v) is 10.3. The fourth-order valence-electron chi connectivity index (χ4n) is 9.03. The summed E-state index contributed by atoms with van der Waals surface area (Å²) in [7, 11) is 0. The van der Waals surface area contributed by atoms with Crippen molar-refractivity contribution in [3.8, 4) is 27.9 Å². The summed E-state index contributed by atoms with van der Waals surface area (Å²) in [6.07, 6.45) is 0. The third kappa shape index (κ3) is 4.99. The number of aromatic nitrogens is 1. The van der Waals surface area contributed by atoms with Crippen molar-refractivity contribution in [3.05, 3.63) is 206 Å². The molecular formula is C54H34N2OS. The Labute approximate surface area is 338 Å². The van der Waals surface area contributed by atoms with Gasteiger partial charge in [-0.25, -0.2) is 0 Å². The lowest BCUT2D eigenvalue weighted by Gasteiger charge is -2.27. The van der Waals surface area contributed by atoms with Crippen molar-refractivity contribution in [2.45, 2.75) is 0 Å². The maximum absolute atomic E-state index is 7.15. The summed E-state index contributed by atoms with van der Waals surface area (Å²) in [5, 5.41) is 7.09. The number of thiophene rings is 1. The molecule has 3 aromatic heterocycles. The molecule has 0 aliphatic heterocycles. The second-order valence-corrected chi connectivity index (χ2v) is 15.9. The second kappa shape index (κ2) is 13.1. The van der Waals surface area contributed by atoms with Gasteiger partial charge in [-0.3, -0.25) is 0 Å². The maximum atomic E-state index is 7.15. The van der Waals surface area contributed by atoms with Gasteiger partial charge in [0.25, 0.3) is 0 Å². The van der Waals surface area contributed by atoms with E-state index in [0.717, 1.165) is 61.3 Å². The zero-order valence-corrected chi connectivity index (χ0v) is 32.2. The van der Waals surface area contributed by atoms with Gasteiger partial charge in [-0.05, 0) is 65.2 Å². The van der Waals surface area contributed by atoms with Crippen LogP contribution >= 0.6 is 11.3 Å². The molecule has 0 fully saturated rings. The van der Waals surface area contributed by atoms with Gasteiger partial charge in [0, 0.05) is 58.7 Å². The van der Waals surface area contributed by atoms with Gasteiger partial charge in [0.05, 0.1) is 22.4 Å². The number of rotatable bonds is 6. The van der Waals surface area contributed by atoms with Crippen LogP contribution in [0.1, 0.15) is 0 Å². The van der Waals surface area contributed by atoms with Crippen LogP contribution in [0.3, 0.4) is 0 Å². The van der Waals surface area contributed by atoms with E-state index in [1.807, 2.05) is 11.3 Å². The van der Waals surface area contributed by atoms with Gasteiger partial charge in [0.1, 0.15) is 5.58 Å². The highest BCUT2D eigenvalue weighted by atomic mass is 32.1. The zero-order chi connectivity index (χ0) is 38.2. The zero-order valence-electron chi connectivity index (χ0n) is 31.3. The van der Waals surface area contributed by atoms with Crippen LogP contribution in [0.15, 0.2) is 211 Å². The number of furan rings is 1. The minimum Gasteiger partial charge on any atom is -0.453 e. The molecule has 0 aliphatic carbocycles. The molecule has 0 bridgehead atoms. The Morgan fingerprint density at radius 2 is 1.03 bits per heavy atom. The van der Waals surface area contributed by atoms with Crippen molar-refractivity contribution in [2.75, 3.05) is 4.90 Å². The molecule has 12 aromatic rings. The summed E-state index contributed by atoms with van der Waals surface area (Å²) in [6.45, 7) is 0. The number of hydrogen-bond acceptors (Lipinski definition) is 3. The van der Waals surface area contributed by atoms with Crippen LogP contribution in [0.25, 0.3) is 91.9 Å². The third-order valence-corrected chi connectivity index (χ3v) is 12.8. The van der Waals surface area contributed by atoms with E-state index in [1.165, 1.54) is 47.6 Å². The topological polar surface area (TPSA) is 21.3 Å². The molecule has 9 aromatic carbocycles. The van der Waals surface area contributed by atoms with Gasteiger partial charge in [-0.2, -0.15) is 0 Å². The molecule has 4 heteroatoms. The first kappa shape index (κ1) is 32.8. The van der Waals surface area contributed by atoms with Crippen LogP contribution in [0.2, 0.25) is 0 Å². The molecule has 0 saturated carbocycles. The molecule has 0 aliphatic rings. The molecule has 3 nitrogen and oxygen atoms in total. The first-order valence-electron chi connectivity index (χ1n) is 19.7. The van der Waals surface area contributed by atoms with E-state index in [0.29, 0.717) is 0 Å². The van der Waals surface area contributed by atoms with Gasteiger partial charge in [0.2, 0.25) is 0 Å². The number of benzene rings is 9. The molecular weight excluding hydrogens is 725 g/mol. The minimum atomic E-state index is 0.851. The van der Waals surface area contributed by atoms with Gasteiger partial charge >= 0.3 is 0 Å². The Morgan fingerprint density at radius 3 is 1.83 bits per heavy atom. The molecule has 0 amide bonds. The van der Waals surface area contributed by atoms with E-state index in [9.17, 15) is 0 Å². The molecule has 12 rings (SSSR count). The average molecular weight is 759 g/mol. The highest BCUT2D eigenvalue weighted by Gasteiger charge is 2.26. The summed E-state index contributed by atoms with van der Waals surface area (Å²) in [5.74, 6) is 0. The van der Waals surface area contributed by atoms with Crippen LogP contribution in [0.4, 0.5) is 17.1 Å². The van der Waals surface area contributed by atoms with Gasteiger partial charge in [-0.15, -0.1) is 11.3 Å². The third-order valence-electron chi connectivity index (χ3n) is 11.6. The fraction of sp³-hybridized carbons (Fsp3) is 0. The Bertz CT molecular complexity index is 3510. The normalized spacial score (nSPS) is 11.8. The van der Waals surface area contributed by atoms with E-state index in [4.69, 9.17) is 4.42 Å². The summed E-state index contributed by atoms with van der Waals surface area (Å²) in [4.78, 5) is 2.44. The summed E-state index contributed by atoms with van der Waals surface area (Å²) < 4.78 is 12.1. The quantitative estimate of drug-likeness (QED) is 0.168. The molecule has 58 heavy (non-hydrogen) atoms. The van der Waals surface area contributed by atoms with Crippen molar-refractivity contribution in [1.82, 2.24) is 4.57 Å². The molecule has 3 heterocycles. The number of para-hydroxylation sites is 4. The second-order valence-electron chi connectivity index (χ2n) is 14.8. The first-order chi connectivity index (χ1) is 28.8. The standard InChI is InChI=1S/C54H34N2OS/c1-4-16-35(17-5-1)39-24-14-25-43-44-26-15-28-48(53(44)57-52(39)43)56(38-30-31-42-41-22-10-12-27-46(41)55(49(42)34-38)37-20-8-3-9-21-37)47-33-32-40(36-18-6-2-7-19-36)54-51(47)45-23-11-13-29-50(45)58-54/h1-34H. The number of anilines is 3. The van der Waals surface area contributed by atoms with Gasteiger partial charge in [0.15, 0.2) is 5.58 Å². The Hall–Kier alpha value is -7.40. The van der Waals surface area contributed by atoms with Crippen LogP contribution in [-0.4, -0.2) is 4.57 Å². The molecule has 0 spiro atoms. The lowest BCUT2D eigenvalue weighted by molar-refractivity contribution is 0.670. The predicted molar refractivity (Wildman–Crippen MR) is 247 cm³/mol. The number of hydrogen-bond donors (Lipinski definition) is 0. The predicted octanol–water partition coefficient (Wildman–Crippen LogP) is 15.9. The minimum absolute atomic E-state index is 0.851. The Balaban J connectivity index is 1.20. The highest BCUT2D eigenvalue weighted by Crippen LogP contribution is 2.51. The average Bonchev–Trinajstić information content (AvgIpc) is 3.98. The molecule has 0 N–H and O–H groups in total. The van der Waals surface area contributed by atoms with E-state index in [-0.39, 0.29) is 0 Å². The van der Waals surface area contributed by atoms with Crippen LogP contribution in [-0.2, 0) is 0 Å². The van der Waals surface area contributed by atoms with E-state index in [2.05, 4.69) is 216 Å². The Morgan fingerprint density at radius 1 is 0.414 bits per heavy atom. The van der Waals surface area contributed by atoms with Gasteiger partial charge in [-0.1, -0.05) is 158 Å². The number of fused-ring (bicyclic) bond motifs is 9. The highest BCUT2D eigenvalue weighted by molar-refractivity contribution is 7.26. The molecule has 0 saturated heterocycles. The maximum Gasteiger partial charge on any atom is 0.159 e. The molecule has 0 unspecified atom stereocenters. The van der Waals surface area contributed by atoms with Gasteiger partial charge < -0.3 is 13.9 Å². The van der Waals surface area contributed by atoms with Crippen molar-refractivity contribution in [3.63, 3.8) is 0 Å². The number of nitrogens with zero attached hydrogens (tertiary/aromatic N) is 2. The smallest absolute Gasteiger partial charge is 0.159 e. The SMILES string of the molecule is c1ccc(-c2cccc3c2oc2c(N(c4ccc5c6ccccc6n(-c6ccccc6)c5c4)c4ccc(-c5ccccc5)c5sc6ccccc6c45)cccc23)cc1. The van der Waals surface area contributed by atoms with Crippen molar-refractivity contribution < 1.29 is 4.42 Å². The van der Waals surface area contributed by atoms with E-state index >= 15 is 0 Å². The summed E-state index contributed by atoms with van der Waals surface area (Å²) in [5.41, 5.74) is 13.0. The molecule has 0 radical (unpaired) electrons. The lowest BCUT2D eigenvalue weighted by atomic mass is 9.99. The van der Waals surface area contributed by atoms with Crippen LogP contribution in [0.5, 0.6) is 0 Å². The van der Waals surface area contributed by atoms with E-state index < -0.39 is 0 Å². The van der Waals surface area contributed by atoms with Crippen LogP contribution < -0.4 is 4.90 Å². The monoisotopic (exact) mass is 758 g/mol. The Kier molecular flexibility index (Phi) is 7.40. The lowest BCUT2D eigenvalue weighted by Crippen LogP contribution is -2.11. The summed E-state index contributed by atoms with van der Waals surface area (Å²) >= 11 is 1.86. The first-order valence-corrected chi connectivity index (χ1v) is 20.5. The van der Waals surface area contributed by atoms with Crippen LogP contribution in [0, 0.1) is 0 Å². The van der Waals surface area contributed by atoms with Crippen molar-refractivity contribution >= 4 is 92.3 Å².